The molecule has 0 bridgehead atoms. The Morgan fingerprint density at radius 1 is 1.29 bits per heavy atom. The summed E-state index contributed by atoms with van der Waals surface area (Å²) in [6.45, 7) is 9.96. The van der Waals surface area contributed by atoms with Gasteiger partial charge in [-0.25, -0.2) is 0 Å². The average molecular weight is 356 g/mol. The molecule has 1 unspecified atom stereocenters. The number of halogens is 1. The van der Waals surface area contributed by atoms with Gasteiger partial charge in [0.05, 0.1) is 22.4 Å². The number of aromatic nitrogens is 2. The Hall–Kier alpha value is -0.350. The second kappa shape index (κ2) is 7.77. The molecule has 0 saturated heterocycles. The largest absolute Gasteiger partial charge is 0.309 e. The lowest BCUT2D eigenvalue weighted by Crippen LogP contribution is -2.33. The maximum atomic E-state index is 4.57. The van der Waals surface area contributed by atoms with Crippen molar-refractivity contribution in [3.63, 3.8) is 0 Å². The predicted octanol–water partition coefficient (Wildman–Crippen LogP) is 5.09. The van der Waals surface area contributed by atoms with Gasteiger partial charge in [-0.15, -0.1) is 0 Å². The van der Waals surface area contributed by atoms with Crippen molar-refractivity contribution in [2.75, 3.05) is 6.54 Å². The fraction of sp³-hybridized carbons (Fsp3) is 0.824. The van der Waals surface area contributed by atoms with Gasteiger partial charge in [0.2, 0.25) is 0 Å². The Morgan fingerprint density at radius 3 is 2.48 bits per heavy atom. The molecule has 1 aliphatic carbocycles. The molecular formula is C17H30BrN3. The summed E-state index contributed by atoms with van der Waals surface area (Å²) in [5.74, 6) is 1.68. The fourth-order valence-corrected chi connectivity index (χ4v) is 4.21. The lowest BCUT2D eigenvalue weighted by Gasteiger charge is -2.35. The lowest BCUT2D eigenvalue weighted by atomic mass is 9.77. The highest BCUT2D eigenvalue weighted by atomic mass is 79.9. The summed E-state index contributed by atoms with van der Waals surface area (Å²) in [4.78, 5) is 0. The molecule has 1 N–H and O–H groups in total. The monoisotopic (exact) mass is 355 g/mol. The summed E-state index contributed by atoms with van der Waals surface area (Å²) >= 11 is 3.72. The number of hydrogen-bond donors (Lipinski definition) is 1. The third kappa shape index (κ3) is 3.89. The Labute approximate surface area is 138 Å². The van der Waals surface area contributed by atoms with E-state index in [0.29, 0.717) is 12.1 Å². The highest BCUT2D eigenvalue weighted by Gasteiger charge is 2.31. The Kier molecular flexibility index (Phi) is 6.30. The van der Waals surface area contributed by atoms with E-state index in [4.69, 9.17) is 0 Å². The third-order valence-corrected chi connectivity index (χ3v) is 5.55. The summed E-state index contributed by atoms with van der Waals surface area (Å²) in [6, 6.07) is 0.825. The van der Waals surface area contributed by atoms with E-state index in [1.807, 2.05) is 6.20 Å². The molecule has 120 valence electrons. The van der Waals surface area contributed by atoms with Gasteiger partial charge in [-0.1, -0.05) is 33.1 Å². The molecule has 2 rings (SSSR count). The van der Waals surface area contributed by atoms with Crippen molar-refractivity contribution in [1.82, 2.24) is 15.1 Å². The van der Waals surface area contributed by atoms with E-state index < -0.39 is 0 Å². The number of rotatable bonds is 6. The van der Waals surface area contributed by atoms with Crippen LogP contribution in [-0.2, 0) is 0 Å². The molecule has 0 radical (unpaired) electrons. The molecule has 21 heavy (non-hydrogen) atoms. The lowest BCUT2D eigenvalue weighted by molar-refractivity contribution is 0.212. The van der Waals surface area contributed by atoms with Crippen molar-refractivity contribution in [3.8, 4) is 0 Å². The van der Waals surface area contributed by atoms with Crippen LogP contribution in [0.25, 0.3) is 0 Å². The van der Waals surface area contributed by atoms with E-state index >= 15 is 0 Å². The molecule has 1 aliphatic rings. The molecule has 0 aliphatic heterocycles. The van der Waals surface area contributed by atoms with Crippen LogP contribution in [0.15, 0.2) is 10.7 Å². The van der Waals surface area contributed by atoms with Crippen molar-refractivity contribution >= 4 is 15.9 Å². The van der Waals surface area contributed by atoms with E-state index in [2.05, 4.69) is 58.7 Å². The summed E-state index contributed by atoms with van der Waals surface area (Å²) in [6.07, 6.45) is 8.74. The molecule has 1 heterocycles. The molecule has 4 heteroatoms. The molecule has 0 aromatic carbocycles. The van der Waals surface area contributed by atoms with Crippen molar-refractivity contribution in [2.45, 2.75) is 71.9 Å². The van der Waals surface area contributed by atoms with Gasteiger partial charge in [-0.3, -0.25) is 4.68 Å². The van der Waals surface area contributed by atoms with Gasteiger partial charge in [-0.05, 0) is 61.0 Å². The van der Waals surface area contributed by atoms with E-state index in [1.54, 1.807) is 0 Å². The number of hydrogen-bond acceptors (Lipinski definition) is 2. The van der Waals surface area contributed by atoms with Crippen LogP contribution in [0.2, 0.25) is 0 Å². The standard InChI is InChI=1S/C17H30BrN3/c1-5-13-7-9-14(10-8-13)16(19-6-2)17-15(18)11-20-21(17)12(3)4/h11-14,16,19H,5-10H2,1-4H3. The fourth-order valence-electron chi connectivity index (χ4n) is 3.69. The Morgan fingerprint density at radius 2 is 1.95 bits per heavy atom. The maximum Gasteiger partial charge on any atom is 0.0701 e. The average Bonchev–Trinajstić information content (AvgIpc) is 2.87. The molecule has 1 atom stereocenters. The third-order valence-electron chi connectivity index (χ3n) is 4.93. The molecular weight excluding hydrogens is 326 g/mol. The van der Waals surface area contributed by atoms with Crippen molar-refractivity contribution in [1.29, 1.82) is 0 Å². The van der Waals surface area contributed by atoms with Gasteiger partial charge in [-0.2, -0.15) is 5.10 Å². The van der Waals surface area contributed by atoms with Gasteiger partial charge < -0.3 is 5.32 Å². The first-order valence-corrected chi connectivity index (χ1v) is 9.34. The van der Waals surface area contributed by atoms with Gasteiger partial charge >= 0.3 is 0 Å². The van der Waals surface area contributed by atoms with Gasteiger partial charge in [0, 0.05) is 6.04 Å². The quantitative estimate of drug-likeness (QED) is 0.769. The van der Waals surface area contributed by atoms with Crippen LogP contribution < -0.4 is 5.32 Å². The minimum Gasteiger partial charge on any atom is -0.309 e. The molecule has 0 amide bonds. The summed E-state index contributed by atoms with van der Waals surface area (Å²) in [5, 5.41) is 8.31. The number of nitrogens with one attached hydrogen (secondary N) is 1. The smallest absolute Gasteiger partial charge is 0.0701 e. The minimum absolute atomic E-state index is 0.402. The van der Waals surface area contributed by atoms with Crippen LogP contribution >= 0.6 is 15.9 Å². The van der Waals surface area contributed by atoms with E-state index in [-0.39, 0.29) is 0 Å². The normalized spacial score (nSPS) is 24.5. The van der Waals surface area contributed by atoms with E-state index in [1.165, 1.54) is 37.8 Å². The Bertz CT molecular complexity index is 433. The van der Waals surface area contributed by atoms with Crippen LogP contribution in [0.5, 0.6) is 0 Å². The van der Waals surface area contributed by atoms with Crippen LogP contribution in [0, 0.1) is 11.8 Å². The zero-order valence-electron chi connectivity index (χ0n) is 13.9. The first kappa shape index (κ1) is 17.0. The highest BCUT2D eigenvalue weighted by molar-refractivity contribution is 9.10. The summed E-state index contributed by atoms with van der Waals surface area (Å²) < 4.78 is 3.34. The molecule has 3 nitrogen and oxygen atoms in total. The number of nitrogens with zero attached hydrogens (tertiary/aromatic N) is 2. The van der Waals surface area contributed by atoms with Gasteiger partial charge in [0.1, 0.15) is 0 Å². The van der Waals surface area contributed by atoms with Gasteiger partial charge in [0.15, 0.2) is 0 Å². The van der Waals surface area contributed by atoms with E-state index in [9.17, 15) is 0 Å². The first-order valence-electron chi connectivity index (χ1n) is 8.54. The van der Waals surface area contributed by atoms with E-state index in [0.717, 1.165) is 22.9 Å². The Balaban J connectivity index is 2.21. The second-order valence-electron chi connectivity index (χ2n) is 6.64. The summed E-state index contributed by atoms with van der Waals surface area (Å²) in [7, 11) is 0. The van der Waals surface area contributed by atoms with Crippen LogP contribution in [0.4, 0.5) is 0 Å². The van der Waals surface area contributed by atoms with Crippen molar-refractivity contribution in [3.05, 3.63) is 16.4 Å². The van der Waals surface area contributed by atoms with Crippen molar-refractivity contribution < 1.29 is 0 Å². The maximum absolute atomic E-state index is 4.57. The zero-order chi connectivity index (χ0) is 15.4. The van der Waals surface area contributed by atoms with Gasteiger partial charge in [0.25, 0.3) is 0 Å². The summed E-state index contributed by atoms with van der Waals surface area (Å²) in [5.41, 5.74) is 1.34. The molecule has 1 fully saturated rings. The molecule has 1 aromatic heterocycles. The second-order valence-corrected chi connectivity index (χ2v) is 7.49. The highest BCUT2D eigenvalue weighted by Crippen LogP contribution is 2.40. The SMILES string of the molecule is CCNC(c1c(Br)cnn1C(C)C)C1CCC(CC)CC1. The van der Waals surface area contributed by atoms with Crippen LogP contribution in [0.3, 0.4) is 0 Å². The molecule has 1 aromatic rings. The molecule has 0 spiro atoms. The molecule has 1 saturated carbocycles. The topological polar surface area (TPSA) is 29.9 Å². The first-order chi connectivity index (χ1) is 10.1. The van der Waals surface area contributed by atoms with Crippen LogP contribution in [-0.4, -0.2) is 16.3 Å². The van der Waals surface area contributed by atoms with Crippen LogP contribution in [0.1, 0.15) is 77.6 Å². The van der Waals surface area contributed by atoms with Crippen molar-refractivity contribution in [2.24, 2.45) is 11.8 Å². The zero-order valence-corrected chi connectivity index (χ0v) is 15.5. The predicted molar refractivity (Wildman–Crippen MR) is 92.5 cm³/mol. The minimum atomic E-state index is 0.402.